The van der Waals surface area contributed by atoms with Gasteiger partial charge in [0.05, 0.1) is 12.1 Å². The van der Waals surface area contributed by atoms with Gasteiger partial charge in [0, 0.05) is 37.6 Å². The van der Waals surface area contributed by atoms with E-state index >= 15 is 0 Å². The summed E-state index contributed by atoms with van der Waals surface area (Å²) in [5.41, 5.74) is 2.90. The first-order valence-corrected chi connectivity index (χ1v) is 9.24. The Bertz CT molecular complexity index is 843. The van der Waals surface area contributed by atoms with Gasteiger partial charge in [0.15, 0.2) is 0 Å². The molecule has 1 saturated heterocycles. The smallest absolute Gasteiger partial charge is 0.369 e. The van der Waals surface area contributed by atoms with Crippen LogP contribution in [0, 0.1) is 13.8 Å². The largest absolute Gasteiger partial charge is 0.416 e. The van der Waals surface area contributed by atoms with Gasteiger partial charge in [0.2, 0.25) is 5.91 Å². The van der Waals surface area contributed by atoms with Gasteiger partial charge >= 0.3 is 6.18 Å². The molecule has 0 unspecified atom stereocenters. The number of anilines is 2. The van der Waals surface area contributed by atoms with Crippen LogP contribution in [0.2, 0.25) is 0 Å². The van der Waals surface area contributed by atoms with Crippen molar-refractivity contribution in [2.24, 2.45) is 0 Å². The van der Waals surface area contributed by atoms with Crippen LogP contribution >= 0.6 is 0 Å². The average molecular weight is 391 g/mol. The Balaban J connectivity index is 1.54. The Kier molecular flexibility index (Phi) is 5.93. The fourth-order valence-electron chi connectivity index (χ4n) is 3.32. The van der Waals surface area contributed by atoms with Gasteiger partial charge in [-0.2, -0.15) is 13.2 Å². The van der Waals surface area contributed by atoms with Crippen LogP contribution in [0.4, 0.5) is 24.5 Å². The highest BCUT2D eigenvalue weighted by Crippen LogP contribution is 2.31. The number of piperazine rings is 1. The van der Waals surface area contributed by atoms with Gasteiger partial charge in [0.25, 0.3) is 0 Å². The SMILES string of the molecule is Cc1cccc(NC(=O)CN2CCN(c3cccc(C(F)(F)F)c3)CC2)c1C. The Hall–Kier alpha value is -2.54. The van der Waals surface area contributed by atoms with Gasteiger partial charge in [-0.25, -0.2) is 0 Å². The number of halogens is 3. The fourth-order valence-corrected chi connectivity index (χ4v) is 3.32. The van der Waals surface area contributed by atoms with Gasteiger partial charge < -0.3 is 10.2 Å². The molecule has 2 aromatic carbocycles. The molecule has 7 heteroatoms. The molecular weight excluding hydrogens is 367 g/mol. The second-order valence-corrected chi connectivity index (χ2v) is 7.11. The first-order valence-electron chi connectivity index (χ1n) is 9.24. The molecule has 0 radical (unpaired) electrons. The topological polar surface area (TPSA) is 35.6 Å². The summed E-state index contributed by atoms with van der Waals surface area (Å²) in [6.07, 6.45) is -4.34. The summed E-state index contributed by atoms with van der Waals surface area (Å²) in [6, 6.07) is 11.2. The highest BCUT2D eigenvalue weighted by atomic mass is 19.4. The summed E-state index contributed by atoms with van der Waals surface area (Å²) in [5.74, 6) is -0.0822. The number of alkyl halides is 3. The molecular formula is C21H24F3N3O. The molecule has 0 atom stereocenters. The van der Waals surface area contributed by atoms with E-state index in [9.17, 15) is 18.0 Å². The number of nitrogens with one attached hydrogen (secondary N) is 1. The molecule has 0 aromatic heterocycles. The molecule has 1 heterocycles. The third kappa shape index (κ3) is 4.84. The summed E-state index contributed by atoms with van der Waals surface area (Å²) in [7, 11) is 0. The van der Waals surface area contributed by atoms with Crippen LogP contribution in [0.25, 0.3) is 0 Å². The van der Waals surface area contributed by atoms with Gasteiger partial charge in [-0.05, 0) is 49.2 Å². The zero-order chi connectivity index (χ0) is 20.3. The second-order valence-electron chi connectivity index (χ2n) is 7.11. The molecule has 28 heavy (non-hydrogen) atoms. The molecule has 0 bridgehead atoms. The summed E-state index contributed by atoms with van der Waals surface area (Å²) in [4.78, 5) is 16.3. The van der Waals surface area contributed by atoms with Crippen molar-refractivity contribution in [3.05, 3.63) is 59.2 Å². The van der Waals surface area contributed by atoms with Gasteiger partial charge in [-0.1, -0.05) is 18.2 Å². The van der Waals surface area contributed by atoms with E-state index in [-0.39, 0.29) is 12.5 Å². The van der Waals surface area contributed by atoms with E-state index in [1.165, 1.54) is 12.1 Å². The van der Waals surface area contributed by atoms with Crippen LogP contribution in [0.1, 0.15) is 16.7 Å². The number of carbonyl (C=O) groups excluding carboxylic acids is 1. The molecule has 150 valence electrons. The molecule has 0 saturated carbocycles. The monoisotopic (exact) mass is 391 g/mol. The highest BCUT2D eigenvalue weighted by Gasteiger charge is 2.31. The predicted molar refractivity (Wildman–Crippen MR) is 105 cm³/mol. The lowest BCUT2D eigenvalue weighted by atomic mass is 10.1. The maximum Gasteiger partial charge on any atom is 0.416 e. The Labute approximate surface area is 162 Å². The van der Waals surface area contributed by atoms with Crippen LogP contribution in [0.3, 0.4) is 0 Å². The maximum atomic E-state index is 12.9. The third-order valence-corrected chi connectivity index (χ3v) is 5.16. The lowest BCUT2D eigenvalue weighted by Gasteiger charge is -2.36. The summed E-state index contributed by atoms with van der Waals surface area (Å²) in [6.45, 7) is 6.64. The number of hydrogen-bond donors (Lipinski definition) is 1. The third-order valence-electron chi connectivity index (χ3n) is 5.16. The van der Waals surface area contributed by atoms with E-state index in [4.69, 9.17) is 0 Å². The van der Waals surface area contributed by atoms with Crippen molar-refractivity contribution in [1.29, 1.82) is 0 Å². The summed E-state index contributed by atoms with van der Waals surface area (Å²) in [5, 5.41) is 2.95. The average Bonchev–Trinajstić information content (AvgIpc) is 2.65. The maximum absolute atomic E-state index is 12.9. The standard InChI is InChI=1S/C21H24F3N3O/c1-15-5-3-8-19(16(15)2)25-20(28)14-26-9-11-27(12-10-26)18-7-4-6-17(13-18)21(22,23)24/h3-8,13H,9-12,14H2,1-2H3,(H,25,28). The number of hydrogen-bond acceptors (Lipinski definition) is 3. The van der Waals surface area contributed by atoms with Crippen LogP contribution in [0.15, 0.2) is 42.5 Å². The molecule has 0 aliphatic carbocycles. The first kappa shape index (κ1) is 20.2. The summed E-state index contributed by atoms with van der Waals surface area (Å²) < 4.78 is 38.7. The fraction of sp³-hybridized carbons (Fsp3) is 0.381. The van der Waals surface area contributed by atoms with Crippen molar-refractivity contribution in [2.45, 2.75) is 20.0 Å². The van der Waals surface area contributed by atoms with Gasteiger partial charge in [0.1, 0.15) is 0 Å². The molecule has 0 spiro atoms. The van der Waals surface area contributed by atoms with Crippen molar-refractivity contribution < 1.29 is 18.0 Å². The lowest BCUT2D eigenvalue weighted by Crippen LogP contribution is -2.48. The van der Waals surface area contributed by atoms with E-state index in [2.05, 4.69) is 5.32 Å². The van der Waals surface area contributed by atoms with Crippen molar-refractivity contribution in [1.82, 2.24) is 4.90 Å². The Morgan fingerprint density at radius 2 is 1.71 bits per heavy atom. The van der Waals surface area contributed by atoms with E-state index < -0.39 is 11.7 Å². The summed E-state index contributed by atoms with van der Waals surface area (Å²) >= 11 is 0. The molecule has 1 aliphatic heterocycles. The van der Waals surface area contributed by atoms with E-state index in [1.54, 1.807) is 6.07 Å². The molecule has 2 aromatic rings. The van der Waals surface area contributed by atoms with Crippen molar-refractivity contribution in [2.75, 3.05) is 42.9 Å². The Morgan fingerprint density at radius 3 is 2.39 bits per heavy atom. The number of rotatable bonds is 4. The van der Waals surface area contributed by atoms with Crippen LogP contribution in [-0.2, 0) is 11.0 Å². The highest BCUT2D eigenvalue weighted by molar-refractivity contribution is 5.93. The molecule has 1 amide bonds. The lowest BCUT2D eigenvalue weighted by molar-refractivity contribution is -0.137. The molecule has 1 N–H and O–H groups in total. The molecule has 1 fully saturated rings. The van der Waals surface area contributed by atoms with Gasteiger partial charge in [-0.15, -0.1) is 0 Å². The van der Waals surface area contributed by atoms with Crippen molar-refractivity contribution >= 4 is 17.3 Å². The molecule has 4 nitrogen and oxygen atoms in total. The predicted octanol–water partition coefficient (Wildman–Crippen LogP) is 4.08. The second kappa shape index (κ2) is 8.22. The first-order chi connectivity index (χ1) is 13.2. The number of aryl methyl sites for hydroxylation is 1. The van der Waals surface area contributed by atoms with Gasteiger partial charge in [-0.3, -0.25) is 9.69 Å². The quantitative estimate of drug-likeness (QED) is 0.853. The number of nitrogens with zero attached hydrogens (tertiary/aromatic N) is 2. The number of amides is 1. The minimum Gasteiger partial charge on any atom is -0.369 e. The minimum atomic E-state index is -4.34. The zero-order valence-corrected chi connectivity index (χ0v) is 16.0. The van der Waals surface area contributed by atoms with E-state index in [0.717, 1.165) is 22.9 Å². The van der Waals surface area contributed by atoms with Crippen LogP contribution < -0.4 is 10.2 Å². The normalized spacial score (nSPS) is 15.5. The number of carbonyl (C=O) groups is 1. The van der Waals surface area contributed by atoms with E-state index in [0.29, 0.717) is 31.9 Å². The zero-order valence-electron chi connectivity index (χ0n) is 16.0. The van der Waals surface area contributed by atoms with Crippen molar-refractivity contribution in [3.8, 4) is 0 Å². The van der Waals surface area contributed by atoms with Crippen LogP contribution in [0.5, 0.6) is 0 Å². The van der Waals surface area contributed by atoms with Crippen molar-refractivity contribution in [3.63, 3.8) is 0 Å². The minimum absolute atomic E-state index is 0.0822. The molecule has 3 rings (SSSR count). The number of benzene rings is 2. The van der Waals surface area contributed by atoms with Crippen LogP contribution in [-0.4, -0.2) is 43.5 Å². The Morgan fingerprint density at radius 1 is 1.04 bits per heavy atom. The van der Waals surface area contributed by atoms with E-state index in [1.807, 2.05) is 41.8 Å². The molecule has 1 aliphatic rings.